The Morgan fingerprint density at radius 3 is 2.74 bits per heavy atom. The minimum Gasteiger partial charge on any atom is -0.477 e. The van der Waals surface area contributed by atoms with E-state index in [2.05, 4.69) is 26.7 Å². The predicted molar refractivity (Wildman–Crippen MR) is 122 cm³/mol. The van der Waals surface area contributed by atoms with Crippen molar-refractivity contribution in [2.24, 2.45) is 12.1 Å². The summed E-state index contributed by atoms with van der Waals surface area (Å²) in [5.41, 5.74) is 2.15. The van der Waals surface area contributed by atoms with Gasteiger partial charge < -0.3 is 4.74 Å². The van der Waals surface area contributed by atoms with E-state index >= 15 is 0 Å². The van der Waals surface area contributed by atoms with Gasteiger partial charge in [-0.05, 0) is 37.5 Å². The average Bonchev–Trinajstić information content (AvgIpc) is 3.48. The first-order valence-corrected chi connectivity index (χ1v) is 10.8. The number of hydrogen-bond donors (Lipinski definition) is 0. The Morgan fingerprint density at radius 2 is 2.03 bits per heavy atom. The second kappa shape index (κ2) is 9.90. The van der Waals surface area contributed by atoms with E-state index in [0.29, 0.717) is 43.0 Å². The number of aryl methyl sites for hydroxylation is 2. The van der Waals surface area contributed by atoms with Crippen molar-refractivity contribution in [3.05, 3.63) is 71.8 Å². The highest BCUT2D eigenvalue weighted by molar-refractivity contribution is 5.94. The first-order valence-electron chi connectivity index (χ1n) is 10.8. The average molecular weight is 466 g/mol. The Bertz CT molecular complexity index is 1240. The Hall–Kier alpha value is -3.95. The van der Waals surface area contributed by atoms with Crippen LogP contribution in [0.25, 0.3) is 11.3 Å². The van der Waals surface area contributed by atoms with Crippen LogP contribution in [-0.4, -0.2) is 43.5 Å². The van der Waals surface area contributed by atoms with Gasteiger partial charge >= 0.3 is 0 Å². The molecule has 1 aromatic carbocycles. The van der Waals surface area contributed by atoms with Crippen molar-refractivity contribution >= 4 is 12.1 Å². The van der Waals surface area contributed by atoms with Gasteiger partial charge in [0.2, 0.25) is 5.88 Å². The zero-order valence-corrected chi connectivity index (χ0v) is 18.9. The third-order valence-electron chi connectivity index (χ3n) is 5.48. The maximum atomic E-state index is 14.4. The van der Waals surface area contributed by atoms with Crippen molar-refractivity contribution in [2.75, 3.05) is 6.61 Å². The van der Waals surface area contributed by atoms with Crippen LogP contribution in [0.3, 0.4) is 0 Å². The molecule has 0 bridgehead atoms. The molecular formula is C24H24F2N6O2. The standard InChI is InChI=1S/C24H24F2N6O2/c1-15(5-4-8-34-23-13-27-21(12-28-23)17-11-30-31(3)14-17)24(33)32-22(6-7-29-32)18-10-19(25)16(2)9-20(18)26/h7,9-14,22H,1,4-6,8H2,2-3H3. The van der Waals surface area contributed by atoms with Crippen molar-refractivity contribution in [2.45, 2.75) is 32.2 Å². The third-order valence-corrected chi connectivity index (χ3v) is 5.48. The number of rotatable bonds is 8. The van der Waals surface area contributed by atoms with E-state index in [0.717, 1.165) is 17.7 Å². The monoisotopic (exact) mass is 466 g/mol. The molecule has 2 aromatic heterocycles. The predicted octanol–water partition coefficient (Wildman–Crippen LogP) is 4.14. The Balaban J connectivity index is 1.29. The highest BCUT2D eigenvalue weighted by Crippen LogP contribution is 2.32. The smallest absolute Gasteiger partial charge is 0.269 e. The molecule has 3 heterocycles. The number of halogens is 2. The van der Waals surface area contributed by atoms with Gasteiger partial charge in [-0.1, -0.05) is 6.58 Å². The van der Waals surface area contributed by atoms with Crippen LogP contribution >= 0.6 is 0 Å². The highest BCUT2D eigenvalue weighted by Gasteiger charge is 2.31. The molecule has 8 nitrogen and oxygen atoms in total. The lowest BCUT2D eigenvalue weighted by Gasteiger charge is -2.23. The summed E-state index contributed by atoms with van der Waals surface area (Å²) in [5.74, 6) is -1.16. The van der Waals surface area contributed by atoms with E-state index in [1.807, 2.05) is 13.2 Å². The SMILES string of the molecule is C=C(CCCOc1cnc(-c2cnn(C)c2)cn1)C(=O)N1N=CCC1c1cc(F)c(C)cc1F. The molecule has 4 rings (SSSR count). The summed E-state index contributed by atoms with van der Waals surface area (Å²) in [6, 6.07) is 1.55. The van der Waals surface area contributed by atoms with Crippen LogP contribution in [0, 0.1) is 18.6 Å². The summed E-state index contributed by atoms with van der Waals surface area (Å²) in [6.07, 6.45) is 9.35. The number of ether oxygens (including phenoxy) is 1. The Morgan fingerprint density at radius 1 is 1.21 bits per heavy atom. The van der Waals surface area contributed by atoms with E-state index in [4.69, 9.17) is 4.74 Å². The molecule has 0 saturated heterocycles. The number of nitrogens with zero attached hydrogens (tertiary/aromatic N) is 6. The number of carbonyl (C=O) groups excluding carboxylic acids is 1. The molecule has 0 saturated carbocycles. The Kier molecular flexibility index (Phi) is 6.76. The molecule has 1 atom stereocenters. The van der Waals surface area contributed by atoms with Gasteiger partial charge in [-0.3, -0.25) is 9.48 Å². The topological polar surface area (TPSA) is 85.5 Å². The van der Waals surface area contributed by atoms with E-state index < -0.39 is 23.6 Å². The first-order chi connectivity index (χ1) is 16.3. The van der Waals surface area contributed by atoms with Crippen LogP contribution in [0.2, 0.25) is 0 Å². The Labute approximate surface area is 195 Å². The third kappa shape index (κ3) is 5.00. The van der Waals surface area contributed by atoms with Crippen LogP contribution in [0.1, 0.15) is 36.4 Å². The van der Waals surface area contributed by atoms with Crippen molar-refractivity contribution in [1.29, 1.82) is 0 Å². The van der Waals surface area contributed by atoms with Gasteiger partial charge in [0.05, 0.1) is 36.9 Å². The maximum Gasteiger partial charge on any atom is 0.269 e. The van der Waals surface area contributed by atoms with Crippen molar-refractivity contribution < 1.29 is 18.3 Å². The number of hydrazone groups is 1. The molecule has 0 fully saturated rings. The van der Waals surface area contributed by atoms with Gasteiger partial charge in [0.25, 0.3) is 5.91 Å². The van der Waals surface area contributed by atoms with Crippen LogP contribution in [0.5, 0.6) is 5.88 Å². The maximum absolute atomic E-state index is 14.4. The summed E-state index contributed by atoms with van der Waals surface area (Å²) in [5, 5.41) is 9.34. The number of carbonyl (C=O) groups is 1. The number of benzene rings is 1. The molecule has 34 heavy (non-hydrogen) atoms. The fourth-order valence-electron chi connectivity index (χ4n) is 3.61. The lowest BCUT2D eigenvalue weighted by molar-refractivity contribution is -0.129. The molecule has 1 aliphatic rings. The van der Waals surface area contributed by atoms with Crippen LogP contribution in [0.4, 0.5) is 8.78 Å². The lowest BCUT2D eigenvalue weighted by atomic mass is 10.0. The molecule has 0 N–H and O–H groups in total. The van der Waals surface area contributed by atoms with Gasteiger partial charge in [0.1, 0.15) is 11.6 Å². The van der Waals surface area contributed by atoms with E-state index in [-0.39, 0.29) is 11.1 Å². The largest absolute Gasteiger partial charge is 0.477 e. The summed E-state index contributed by atoms with van der Waals surface area (Å²) in [6.45, 7) is 5.64. The van der Waals surface area contributed by atoms with Gasteiger partial charge in [-0.25, -0.2) is 23.8 Å². The highest BCUT2D eigenvalue weighted by atomic mass is 19.1. The molecule has 1 aliphatic heterocycles. The molecule has 10 heteroatoms. The lowest BCUT2D eigenvalue weighted by Crippen LogP contribution is -2.29. The van der Waals surface area contributed by atoms with Gasteiger partial charge in [-0.2, -0.15) is 10.2 Å². The van der Waals surface area contributed by atoms with Gasteiger partial charge in [0, 0.05) is 42.6 Å². The summed E-state index contributed by atoms with van der Waals surface area (Å²) in [7, 11) is 1.82. The van der Waals surface area contributed by atoms with Crippen LogP contribution in [0.15, 0.2) is 54.2 Å². The summed E-state index contributed by atoms with van der Waals surface area (Å²) >= 11 is 0. The molecule has 0 radical (unpaired) electrons. The number of amides is 1. The normalized spacial score (nSPS) is 15.1. The van der Waals surface area contributed by atoms with Gasteiger partial charge in [0.15, 0.2) is 0 Å². The number of aromatic nitrogens is 4. The molecule has 176 valence electrons. The second-order valence-corrected chi connectivity index (χ2v) is 8.02. The zero-order chi connectivity index (χ0) is 24.2. The van der Waals surface area contributed by atoms with Crippen LogP contribution in [-0.2, 0) is 11.8 Å². The molecule has 1 amide bonds. The minimum absolute atomic E-state index is 0.0957. The molecular weight excluding hydrogens is 442 g/mol. The minimum atomic E-state index is -0.704. The molecule has 0 aliphatic carbocycles. The van der Waals surface area contributed by atoms with Crippen LogP contribution < -0.4 is 4.74 Å². The van der Waals surface area contributed by atoms with Crippen molar-refractivity contribution in [3.63, 3.8) is 0 Å². The van der Waals surface area contributed by atoms with Gasteiger partial charge in [-0.15, -0.1) is 0 Å². The zero-order valence-electron chi connectivity index (χ0n) is 18.9. The summed E-state index contributed by atoms with van der Waals surface area (Å²) in [4.78, 5) is 21.4. The van der Waals surface area contributed by atoms with E-state index in [9.17, 15) is 13.6 Å². The fraction of sp³-hybridized carbons (Fsp3) is 0.292. The van der Waals surface area contributed by atoms with Crippen molar-refractivity contribution in [3.8, 4) is 17.1 Å². The second-order valence-electron chi connectivity index (χ2n) is 8.02. The molecule has 3 aromatic rings. The quantitative estimate of drug-likeness (QED) is 0.368. The molecule has 0 spiro atoms. The fourth-order valence-corrected chi connectivity index (χ4v) is 3.61. The summed E-state index contributed by atoms with van der Waals surface area (Å²) < 4.78 is 35.7. The number of hydrogen-bond acceptors (Lipinski definition) is 6. The van der Waals surface area contributed by atoms with Crippen molar-refractivity contribution in [1.82, 2.24) is 24.8 Å². The van der Waals surface area contributed by atoms with E-state index in [1.165, 1.54) is 24.3 Å². The first kappa shape index (κ1) is 23.2. The molecule has 1 unspecified atom stereocenters. The van der Waals surface area contributed by atoms with E-state index in [1.54, 1.807) is 17.1 Å².